The lowest BCUT2D eigenvalue weighted by Crippen LogP contribution is -1.99. The maximum atomic E-state index is 13.3. The second kappa shape index (κ2) is 5.90. The zero-order chi connectivity index (χ0) is 17.4. The summed E-state index contributed by atoms with van der Waals surface area (Å²) in [5.41, 5.74) is 2.22. The molecule has 6 nitrogen and oxygen atoms in total. The molecule has 124 valence electrons. The molecule has 0 radical (unpaired) electrons. The van der Waals surface area contributed by atoms with E-state index in [4.69, 9.17) is 4.52 Å². The van der Waals surface area contributed by atoms with E-state index >= 15 is 0 Å². The van der Waals surface area contributed by atoms with Crippen molar-refractivity contribution in [2.24, 2.45) is 0 Å². The zero-order valence-corrected chi connectivity index (χ0v) is 13.0. The highest BCUT2D eigenvalue weighted by molar-refractivity contribution is 5.58. The van der Waals surface area contributed by atoms with Crippen LogP contribution in [0.25, 0.3) is 28.7 Å². The Morgan fingerprint density at radius 1 is 1.00 bits per heavy atom. The van der Waals surface area contributed by atoms with E-state index in [2.05, 4.69) is 20.5 Å². The third-order valence-corrected chi connectivity index (χ3v) is 3.68. The van der Waals surface area contributed by atoms with Crippen LogP contribution in [0, 0.1) is 18.6 Å². The fourth-order valence-electron chi connectivity index (χ4n) is 2.42. The van der Waals surface area contributed by atoms with Gasteiger partial charge in [-0.1, -0.05) is 16.4 Å². The molecule has 0 aliphatic heterocycles. The van der Waals surface area contributed by atoms with Gasteiger partial charge in [-0.25, -0.2) is 13.5 Å². The van der Waals surface area contributed by atoms with Crippen LogP contribution in [0.2, 0.25) is 0 Å². The Labute approximate surface area is 140 Å². The monoisotopic (exact) mass is 339 g/mol. The van der Waals surface area contributed by atoms with E-state index in [0.717, 1.165) is 0 Å². The van der Waals surface area contributed by atoms with Crippen molar-refractivity contribution in [3.05, 3.63) is 65.9 Å². The van der Waals surface area contributed by atoms with Crippen LogP contribution in [0.3, 0.4) is 0 Å². The van der Waals surface area contributed by atoms with Gasteiger partial charge in [0.25, 0.3) is 5.89 Å². The largest absolute Gasteiger partial charge is 0.334 e. The first-order chi connectivity index (χ1) is 12.1. The molecule has 0 bridgehead atoms. The second-order valence-corrected chi connectivity index (χ2v) is 5.35. The molecule has 4 rings (SSSR count). The van der Waals surface area contributed by atoms with Crippen LogP contribution < -0.4 is 0 Å². The van der Waals surface area contributed by atoms with Gasteiger partial charge in [-0.15, -0.1) is 5.10 Å². The van der Waals surface area contributed by atoms with Gasteiger partial charge in [0.1, 0.15) is 11.6 Å². The van der Waals surface area contributed by atoms with Crippen molar-refractivity contribution in [3.8, 4) is 28.7 Å². The molecule has 0 unspecified atom stereocenters. The molecule has 2 heterocycles. The van der Waals surface area contributed by atoms with Gasteiger partial charge in [0, 0.05) is 5.56 Å². The van der Waals surface area contributed by atoms with Gasteiger partial charge in [0.2, 0.25) is 5.82 Å². The Morgan fingerprint density at radius 3 is 2.56 bits per heavy atom. The molecule has 2 aromatic heterocycles. The lowest BCUT2D eigenvalue weighted by atomic mass is 10.2. The molecule has 0 aliphatic rings. The molecule has 0 spiro atoms. The molecule has 0 saturated heterocycles. The summed E-state index contributed by atoms with van der Waals surface area (Å²) in [5, 5.41) is 12.0. The normalized spacial score (nSPS) is 11.0. The number of hydrogen-bond donors (Lipinski definition) is 0. The Kier molecular flexibility index (Phi) is 3.57. The van der Waals surface area contributed by atoms with E-state index in [1.807, 2.05) is 0 Å². The summed E-state index contributed by atoms with van der Waals surface area (Å²) in [5.74, 6) is -0.300. The van der Waals surface area contributed by atoms with Crippen molar-refractivity contribution in [2.75, 3.05) is 0 Å². The number of hydrogen-bond acceptors (Lipinski definition) is 5. The smallest absolute Gasteiger partial charge is 0.258 e. The third kappa shape index (κ3) is 2.78. The average Bonchev–Trinajstić information content (AvgIpc) is 3.22. The molecular weight excluding hydrogens is 328 g/mol. The lowest BCUT2D eigenvalue weighted by Gasteiger charge is -2.02. The van der Waals surface area contributed by atoms with Crippen LogP contribution in [0.4, 0.5) is 8.78 Å². The van der Waals surface area contributed by atoms with Crippen molar-refractivity contribution in [2.45, 2.75) is 6.92 Å². The predicted octanol–water partition coefficient (Wildman–Crippen LogP) is 3.57. The van der Waals surface area contributed by atoms with E-state index in [1.54, 1.807) is 35.9 Å². The molecule has 4 aromatic rings. The van der Waals surface area contributed by atoms with Crippen LogP contribution in [-0.2, 0) is 0 Å². The second-order valence-electron chi connectivity index (χ2n) is 5.35. The van der Waals surface area contributed by atoms with Gasteiger partial charge in [-0.05, 0) is 49.4 Å². The summed E-state index contributed by atoms with van der Waals surface area (Å²) < 4.78 is 33.1. The van der Waals surface area contributed by atoms with Gasteiger partial charge in [-0.3, -0.25) is 0 Å². The van der Waals surface area contributed by atoms with Crippen LogP contribution in [0.1, 0.15) is 5.69 Å². The molecule has 0 aliphatic carbocycles. The predicted molar refractivity (Wildman–Crippen MR) is 84.7 cm³/mol. The van der Waals surface area contributed by atoms with Crippen LogP contribution >= 0.6 is 0 Å². The maximum absolute atomic E-state index is 13.3. The van der Waals surface area contributed by atoms with Crippen LogP contribution in [0.5, 0.6) is 0 Å². The molecule has 0 N–H and O–H groups in total. The molecular formula is C17H11F2N5O. The SMILES string of the molecule is Cc1c(-c2noc(-c3cccc(F)c3)n2)nnn1-c1ccc(F)cc1. The Morgan fingerprint density at radius 2 is 1.80 bits per heavy atom. The lowest BCUT2D eigenvalue weighted by molar-refractivity contribution is 0.431. The summed E-state index contributed by atoms with van der Waals surface area (Å²) in [6.45, 7) is 1.79. The first-order valence-corrected chi connectivity index (χ1v) is 7.40. The number of nitrogens with zero attached hydrogens (tertiary/aromatic N) is 5. The van der Waals surface area contributed by atoms with Crippen molar-refractivity contribution in [1.29, 1.82) is 0 Å². The van der Waals surface area contributed by atoms with E-state index in [1.165, 1.54) is 24.3 Å². The molecule has 0 saturated carbocycles. The highest BCUT2D eigenvalue weighted by Gasteiger charge is 2.18. The molecule has 0 fully saturated rings. The summed E-state index contributed by atoms with van der Waals surface area (Å²) in [6.07, 6.45) is 0. The fourth-order valence-corrected chi connectivity index (χ4v) is 2.42. The van der Waals surface area contributed by atoms with E-state index in [9.17, 15) is 8.78 Å². The number of aromatic nitrogens is 5. The van der Waals surface area contributed by atoms with Gasteiger partial charge >= 0.3 is 0 Å². The Bertz CT molecular complexity index is 1040. The van der Waals surface area contributed by atoms with Crippen molar-refractivity contribution in [1.82, 2.24) is 25.1 Å². The highest BCUT2D eigenvalue weighted by atomic mass is 19.1. The molecule has 25 heavy (non-hydrogen) atoms. The molecule has 2 aromatic carbocycles. The first kappa shape index (κ1) is 15.1. The zero-order valence-electron chi connectivity index (χ0n) is 13.0. The molecule has 0 atom stereocenters. The summed E-state index contributed by atoms with van der Waals surface area (Å²) in [7, 11) is 0. The standard InChI is InChI=1S/C17H11F2N5O/c1-10-15(21-23-24(10)14-7-5-12(18)6-8-14)16-20-17(25-22-16)11-3-2-4-13(19)9-11/h2-9H,1H3. The number of rotatable bonds is 3. The maximum Gasteiger partial charge on any atom is 0.258 e. The minimum Gasteiger partial charge on any atom is -0.334 e. The van der Waals surface area contributed by atoms with E-state index < -0.39 is 5.82 Å². The van der Waals surface area contributed by atoms with Gasteiger partial charge in [-0.2, -0.15) is 4.98 Å². The van der Waals surface area contributed by atoms with Crippen molar-refractivity contribution < 1.29 is 13.3 Å². The van der Waals surface area contributed by atoms with Crippen molar-refractivity contribution in [3.63, 3.8) is 0 Å². The average molecular weight is 339 g/mol. The number of benzene rings is 2. The third-order valence-electron chi connectivity index (χ3n) is 3.68. The quantitative estimate of drug-likeness (QED) is 0.571. The Hall–Kier alpha value is -3.42. The summed E-state index contributed by atoms with van der Waals surface area (Å²) in [6, 6.07) is 11.7. The fraction of sp³-hybridized carbons (Fsp3) is 0.0588. The van der Waals surface area contributed by atoms with Gasteiger partial charge < -0.3 is 4.52 Å². The van der Waals surface area contributed by atoms with E-state index in [0.29, 0.717) is 22.6 Å². The number of halogens is 2. The van der Waals surface area contributed by atoms with Crippen molar-refractivity contribution >= 4 is 0 Å². The van der Waals surface area contributed by atoms with Gasteiger partial charge in [0.15, 0.2) is 5.69 Å². The van der Waals surface area contributed by atoms with Crippen LogP contribution in [0.15, 0.2) is 53.1 Å². The minimum absolute atomic E-state index is 0.185. The van der Waals surface area contributed by atoms with Gasteiger partial charge in [0.05, 0.1) is 11.4 Å². The summed E-state index contributed by atoms with van der Waals surface area (Å²) >= 11 is 0. The summed E-state index contributed by atoms with van der Waals surface area (Å²) in [4.78, 5) is 4.25. The molecule has 8 heteroatoms. The van der Waals surface area contributed by atoms with E-state index in [-0.39, 0.29) is 17.5 Å². The van der Waals surface area contributed by atoms with Crippen LogP contribution in [-0.4, -0.2) is 25.1 Å². The molecule has 0 amide bonds. The Balaban J connectivity index is 1.71. The topological polar surface area (TPSA) is 69.6 Å². The highest BCUT2D eigenvalue weighted by Crippen LogP contribution is 2.24. The first-order valence-electron chi connectivity index (χ1n) is 7.40. The minimum atomic E-state index is -0.393.